The molecule has 2 aromatic carbocycles. The zero-order valence-electron chi connectivity index (χ0n) is 13.7. The Balaban J connectivity index is 0.000000262. The van der Waals surface area contributed by atoms with Crippen LogP contribution < -0.4 is 0 Å². The molecule has 0 saturated carbocycles. The second-order valence-corrected chi connectivity index (χ2v) is 5.66. The predicted molar refractivity (Wildman–Crippen MR) is 94.7 cm³/mol. The van der Waals surface area contributed by atoms with Crippen molar-refractivity contribution in [1.82, 2.24) is 0 Å². The van der Waals surface area contributed by atoms with E-state index in [-0.39, 0.29) is 0 Å². The van der Waals surface area contributed by atoms with Crippen molar-refractivity contribution in [3.8, 4) is 0 Å². The number of hydrogen-bond acceptors (Lipinski definition) is 0. The fraction of sp³-hybridized carbons (Fsp3) is 0.429. The zero-order chi connectivity index (χ0) is 15.2. The Labute approximate surface area is 131 Å². The quantitative estimate of drug-likeness (QED) is 0.503. The molecular weight excluding hydrogens is 252 g/mol. The van der Waals surface area contributed by atoms with Crippen LogP contribution in [0.2, 0.25) is 0 Å². The van der Waals surface area contributed by atoms with Gasteiger partial charge in [0.05, 0.1) is 0 Å². The van der Waals surface area contributed by atoms with E-state index in [2.05, 4.69) is 56.3 Å². The highest BCUT2D eigenvalue weighted by atomic mass is 14.0. The molecule has 2 rings (SSSR count). The van der Waals surface area contributed by atoms with Crippen molar-refractivity contribution in [1.29, 1.82) is 0 Å². The summed E-state index contributed by atoms with van der Waals surface area (Å²) in [5.41, 5.74) is 2.81. The first-order chi connectivity index (χ1) is 10.3. The summed E-state index contributed by atoms with van der Waals surface area (Å²) in [6.45, 7) is 4.35. The second-order valence-electron chi connectivity index (χ2n) is 5.66. The van der Waals surface area contributed by atoms with Crippen LogP contribution in [0.4, 0.5) is 0 Å². The highest BCUT2D eigenvalue weighted by Crippen LogP contribution is 2.09. The Morgan fingerprint density at radius 1 is 0.619 bits per heavy atom. The van der Waals surface area contributed by atoms with E-state index in [4.69, 9.17) is 0 Å². The molecule has 0 unspecified atom stereocenters. The molecule has 0 spiro atoms. The highest BCUT2D eigenvalue weighted by Gasteiger charge is 1.92. The van der Waals surface area contributed by atoms with Crippen LogP contribution in [0.25, 0.3) is 0 Å². The SMILES string of the molecule is CCCCCCCCc1ccccc1.Cc1ccccc1. The van der Waals surface area contributed by atoms with Gasteiger partial charge in [-0.3, -0.25) is 0 Å². The van der Waals surface area contributed by atoms with Gasteiger partial charge in [-0.2, -0.15) is 0 Å². The van der Waals surface area contributed by atoms with Crippen molar-refractivity contribution >= 4 is 0 Å². The maximum absolute atomic E-state index is 2.27. The third-order valence-electron chi connectivity index (χ3n) is 3.60. The van der Waals surface area contributed by atoms with Gasteiger partial charge in [0.1, 0.15) is 0 Å². The third-order valence-corrected chi connectivity index (χ3v) is 3.60. The van der Waals surface area contributed by atoms with E-state index >= 15 is 0 Å². The normalized spacial score (nSPS) is 9.81. The fourth-order valence-electron chi connectivity index (χ4n) is 2.29. The Morgan fingerprint density at radius 3 is 1.67 bits per heavy atom. The lowest BCUT2D eigenvalue weighted by Gasteiger charge is -2.01. The minimum atomic E-state index is 1.26. The van der Waals surface area contributed by atoms with Gasteiger partial charge in [-0.15, -0.1) is 0 Å². The van der Waals surface area contributed by atoms with E-state index < -0.39 is 0 Å². The molecule has 0 aliphatic carbocycles. The van der Waals surface area contributed by atoms with Crippen molar-refractivity contribution < 1.29 is 0 Å². The molecule has 0 aliphatic heterocycles. The predicted octanol–water partition coefficient (Wildman–Crippen LogP) is 6.58. The average molecular weight is 282 g/mol. The van der Waals surface area contributed by atoms with Gasteiger partial charge in [-0.05, 0) is 25.3 Å². The Morgan fingerprint density at radius 2 is 1.14 bits per heavy atom. The highest BCUT2D eigenvalue weighted by molar-refractivity contribution is 5.14. The molecule has 0 bridgehead atoms. The number of rotatable bonds is 7. The fourth-order valence-corrected chi connectivity index (χ4v) is 2.29. The maximum atomic E-state index is 2.27. The summed E-state index contributed by atoms with van der Waals surface area (Å²) < 4.78 is 0. The Hall–Kier alpha value is -1.56. The van der Waals surface area contributed by atoms with Gasteiger partial charge in [0.2, 0.25) is 0 Å². The maximum Gasteiger partial charge on any atom is -0.0279 e. The molecule has 0 aliphatic rings. The van der Waals surface area contributed by atoms with Crippen LogP contribution in [-0.4, -0.2) is 0 Å². The molecule has 0 heteroatoms. The third kappa shape index (κ3) is 9.90. The molecule has 0 fully saturated rings. The largest absolute Gasteiger partial charge is 0.0654 e. The molecule has 0 nitrogen and oxygen atoms in total. The Bertz CT molecular complexity index is 430. The van der Waals surface area contributed by atoms with Crippen molar-refractivity contribution in [2.75, 3.05) is 0 Å². The summed E-state index contributed by atoms with van der Waals surface area (Å²) >= 11 is 0. The van der Waals surface area contributed by atoms with Gasteiger partial charge in [0, 0.05) is 0 Å². The van der Waals surface area contributed by atoms with Gasteiger partial charge in [-0.25, -0.2) is 0 Å². The number of aryl methyl sites for hydroxylation is 2. The smallest absolute Gasteiger partial charge is 0.0279 e. The van der Waals surface area contributed by atoms with Crippen LogP contribution in [0.15, 0.2) is 60.7 Å². The van der Waals surface area contributed by atoms with Crippen LogP contribution in [0, 0.1) is 6.92 Å². The van der Waals surface area contributed by atoms with E-state index in [9.17, 15) is 0 Å². The van der Waals surface area contributed by atoms with E-state index in [0.717, 1.165) is 0 Å². The monoisotopic (exact) mass is 282 g/mol. The van der Waals surface area contributed by atoms with Crippen LogP contribution in [0.3, 0.4) is 0 Å². The number of benzene rings is 2. The lowest BCUT2D eigenvalue weighted by atomic mass is 10.1. The molecule has 0 atom stereocenters. The molecule has 21 heavy (non-hydrogen) atoms. The zero-order valence-corrected chi connectivity index (χ0v) is 13.7. The first-order valence-corrected chi connectivity index (χ1v) is 8.38. The molecule has 114 valence electrons. The van der Waals surface area contributed by atoms with Gasteiger partial charge in [0.25, 0.3) is 0 Å². The summed E-state index contributed by atoms with van der Waals surface area (Å²) in [6, 6.07) is 21.1. The molecule has 0 radical (unpaired) electrons. The number of unbranched alkanes of at least 4 members (excludes halogenated alkanes) is 5. The van der Waals surface area contributed by atoms with Crippen molar-refractivity contribution in [2.24, 2.45) is 0 Å². The lowest BCUT2D eigenvalue weighted by Crippen LogP contribution is -1.85. The first kappa shape index (κ1) is 17.5. The van der Waals surface area contributed by atoms with Crippen molar-refractivity contribution in [3.05, 3.63) is 71.8 Å². The molecule has 0 amide bonds. The Kier molecular flexibility index (Phi) is 10.2. The molecule has 0 aromatic heterocycles. The summed E-state index contributed by atoms with van der Waals surface area (Å²) in [5, 5.41) is 0. The van der Waals surface area contributed by atoms with Gasteiger partial charge in [-0.1, -0.05) is 105 Å². The topological polar surface area (TPSA) is 0 Å². The van der Waals surface area contributed by atoms with Crippen molar-refractivity contribution in [3.63, 3.8) is 0 Å². The van der Waals surface area contributed by atoms with E-state index in [0.29, 0.717) is 0 Å². The minimum absolute atomic E-state index is 1.26. The van der Waals surface area contributed by atoms with Crippen molar-refractivity contribution in [2.45, 2.75) is 58.8 Å². The summed E-state index contributed by atoms with van der Waals surface area (Å²) in [7, 11) is 0. The van der Waals surface area contributed by atoms with Crippen LogP contribution >= 0.6 is 0 Å². The molecule has 0 saturated heterocycles. The average Bonchev–Trinajstić information content (AvgIpc) is 2.53. The minimum Gasteiger partial charge on any atom is -0.0654 e. The summed E-state index contributed by atoms with van der Waals surface area (Å²) in [5.74, 6) is 0. The molecule has 0 heterocycles. The molecular formula is C21H30. The van der Waals surface area contributed by atoms with Gasteiger partial charge < -0.3 is 0 Å². The molecule has 0 N–H and O–H groups in total. The van der Waals surface area contributed by atoms with Crippen LogP contribution in [0.1, 0.15) is 56.6 Å². The van der Waals surface area contributed by atoms with Crippen LogP contribution in [0.5, 0.6) is 0 Å². The standard InChI is InChI=1S/C14H22.C7H8/c1-2-3-4-5-6-8-11-14-12-9-7-10-13-14;1-7-5-3-2-4-6-7/h7,9-10,12-13H,2-6,8,11H2,1H3;2-6H,1H3. The van der Waals surface area contributed by atoms with E-state index in [1.165, 1.54) is 56.1 Å². The van der Waals surface area contributed by atoms with Gasteiger partial charge >= 0.3 is 0 Å². The molecule has 2 aromatic rings. The van der Waals surface area contributed by atoms with E-state index in [1.54, 1.807) is 0 Å². The second kappa shape index (κ2) is 12.2. The van der Waals surface area contributed by atoms with E-state index in [1.807, 2.05) is 18.2 Å². The number of hydrogen-bond donors (Lipinski definition) is 0. The summed E-state index contributed by atoms with van der Waals surface area (Å²) in [4.78, 5) is 0. The summed E-state index contributed by atoms with van der Waals surface area (Å²) in [6.07, 6.45) is 9.60. The van der Waals surface area contributed by atoms with Crippen LogP contribution in [-0.2, 0) is 6.42 Å². The lowest BCUT2D eigenvalue weighted by molar-refractivity contribution is 0.607. The van der Waals surface area contributed by atoms with Gasteiger partial charge in [0.15, 0.2) is 0 Å². The first-order valence-electron chi connectivity index (χ1n) is 8.38.